The highest BCUT2D eigenvalue weighted by Crippen LogP contribution is 2.12. The molecule has 1 unspecified atom stereocenters. The Labute approximate surface area is 107 Å². The molecule has 0 saturated carbocycles. The van der Waals surface area contributed by atoms with Crippen molar-refractivity contribution >= 4 is 17.3 Å². The molecule has 2 rings (SSSR count). The van der Waals surface area contributed by atoms with Crippen molar-refractivity contribution in [3.05, 3.63) is 24.3 Å². The van der Waals surface area contributed by atoms with Crippen molar-refractivity contribution in [3.8, 4) is 0 Å². The largest absolute Gasteiger partial charge is 0.399 e. The lowest BCUT2D eigenvalue weighted by atomic mass is 10.2. The highest BCUT2D eigenvalue weighted by atomic mass is 16.2. The van der Waals surface area contributed by atoms with Gasteiger partial charge in [0, 0.05) is 37.6 Å². The molecule has 0 spiro atoms. The van der Waals surface area contributed by atoms with E-state index in [1.807, 2.05) is 19.1 Å². The van der Waals surface area contributed by atoms with E-state index in [4.69, 9.17) is 5.73 Å². The molecule has 1 aromatic carbocycles. The molecule has 0 aliphatic carbocycles. The van der Waals surface area contributed by atoms with Gasteiger partial charge in [-0.05, 0) is 31.2 Å². The minimum atomic E-state index is -0.107. The van der Waals surface area contributed by atoms with Crippen molar-refractivity contribution in [2.24, 2.45) is 0 Å². The number of benzene rings is 1. The fourth-order valence-electron chi connectivity index (χ4n) is 2.05. The molecule has 0 bridgehead atoms. The van der Waals surface area contributed by atoms with Crippen LogP contribution < -0.4 is 16.4 Å². The zero-order valence-corrected chi connectivity index (χ0v) is 10.6. The van der Waals surface area contributed by atoms with Crippen LogP contribution in [0.4, 0.5) is 11.4 Å². The van der Waals surface area contributed by atoms with Gasteiger partial charge in [-0.1, -0.05) is 0 Å². The van der Waals surface area contributed by atoms with Crippen LogP contribution >= 0.6 is 0 Å². The molecule has 1 aliphatic rings. The minimum absolute atomic E-state index is 0.0293. The van der Waals surface area contributed by atoms with E-state index in [2.05, 4.69) is 15.5 Å². The van der Waals surface area contributed by atoms with Gasteiger partial charge < -0.3 is 16.4 Å². The zero-order valence-electron chi connectivity index (χ0n) is 10.6. The monoisotopic (exact) mass is 248 g/mol. The number of hydrogen-bond donors (Lipinski definition) is 3. The van der Waals surface area contributed by atoms with Crippen molar-refractivity contribution in [3.63, 3.8) is 0 Å². The number of nitrogen functional groups attached to an aromatic ring is 1. The van der Waals surface area contributed by atoms with Gasteiger partial charge >= 0.3 is 0 Å². The first-order chi connectivity index (χ1) is 8.66. The van der Waals surface area contributed by atoms with Gasteiger partial charge in [0.25, 0.3) is 0 Å². The number of nitrogens with zero attached hydrogens (tertiary/aromatic N) is 1. The van der Waals surface area contributed by atoms with Crippen LogP contribution in [-0.2, 0) is 4.79 Å². The molecule has 98 valence electrons. The standard InChI is InChI=1S/C13H20N4O/c1-10(17-8-6-15-7-9-17)13(18)16-12-4-2-11(14)3-5-12/h2-5,10,15H,6-9,14H2,1H3,(H,16,18). The number of rotatable bonds is 3. The molecule has 1 fully saturated rings. The van der Waals surface area contributed by atoms with Crippen LogP contribution in [0.2, 0.25) is 0 Å². The summed E-state index contributed by atoms with van der Waals surface area (Å²) in [5, 5.41) is 6.19. The Morgan fingerprint density at radius 3 is 2.56 bits per heavy atom. The van der Waals surface area contributed by atoms with E-state index in [0.29, 0.717) is 5.69 Å². The summed E-state index contributed by atoms with van der Waals surface area (Å²) in [6.45, 7) is 5.66. The fraction of sp³-hybridized carbons (Fsp3) is 0.462. The van der Waals surface area contributed by atoms with Crippen molar-refractivity contribution in [2.45, 2.75) is 13.0 Å². The zero-order chi connectivity index (χ0) is 13.0. The van der Waals surface area contributed by atoms with Crippen LogP contribution in [0.1, 0.15) is 6.92 Å². The maximum Gasteiger partial charge on any atom is 0.241 e. The highest BCUT2D eigenvalue weighted by Gasteiger charge is 2.22. The molecule has 1 atom stereocenters. The van der Waals surface area contributed by atoms with Crippen LogP contribution in [0, 0.1) is 0 Å². The van der Waals surface area contributed by atoms with Crippen LogP contribution in [-0.4, -0.2) is 43.0 Å². The SMILES string of the molecule is CC(C(=O)Nc1ccc(N)cc1)N1CCNCC1. The Hall–Kier alpha value is -1.59. The summed E-state index contributed by atoms with van der Waals surface area (Å²) >= 11 is 0. The number of piperazine rings is 1. The normalized spacial score (nSPS) is 18.3. The summed E-state index contributed by atoms with van der Waals surface area (Å²) in [6, 6.07) is 7.09. The predicted molar refractivity (Wildman–Crippen MR) is 73.4 cm³/mol. The van der Waals surface area contributed by atoms with Crippen LogP contribution in [0.25, 0.3) is 0 Å². The van der Waals surface area contributed by atoms with Crippen molar-refractivity contribution in [1.29, 1.82) is 0 Å². The van der Waals surface area contributed by atoms with Crippen molar-refractivity contribution in [1.82, 2.24) is 10.2 Å². The molecule has 0 radical (unpaired) electrons. The molecule has 5 heteroatoms. The first-order valence-corrected chi connectivity index (χ1v) is 6.28. The lowest BCUT2D eigenvalue weighted by molar-refractivity contribution is -0.120. The summed E-state index contributed by atoms with van der Waals surface area (Å²) in [6.07, 6.45) is 0. The highest BCUT2D eigenvalue weighted by molar-refractivity contribution is 5.94. The van der Waals surface area contributed by atoms with E-state index in [9.17, 15) is 4.79 Å². The second-order valence-electron chi connectivity index (χ2n) is 4.57. The van der Waals surface area contributed by atoms with E-state index in [0.717, 1.165) is 31.9 Å². The third-order valence-electron chi connectivity index (χ3n) is 3.26. The van der Waals surface area contributed by atoms with Gasteiger partial charge in [0.1, 0.15) is 0 Å². The van der Waals surface area contributed by atoms with Gasteiger partial charge in [-0.3, -0.25) is 9.69 Å². The Kier molecular flexibility index (Phi) is 4.17. The van der Waals surface area contributed by atoms with E-state index in [1.54, 1.807) is 12.1 Å². The van der Waals surface area contributed by atoms with Gasteiger partial charge in [-0.2, -0.15) is 0 Å². The molecule has 4 N–H and O–H groups in total. The number of carbonyl (C=O) groups excluding carboxylic acids is 1. The molecule has 1 aliphatic heterocycles. The molecule has 1 saturated heterocycles. The van der Waals surface area contributed by atoms with E-state index >= 15 is 0 Å². The lowest BCUT2D eigenvalue weighted by Crippen LogP contribution is -2.51. The first kappa shape index (κ1) is 12.9. The molecular formula is C13H20N4O. The average molecular weight is 248 g/mol. The number of nitrogens with one attached hydrogen (secondary N) is 2. The second kappa shape index (κ2) is 5.84. The van der Waals surface area contributed by atoms with Crippen LogP contribution in [0.5, 0.6) is 0 Å². The number of hydrogen-bond acceptors (Lipinski definition) is 4. The third kappa shape index (κ3) is 3.21. The molecule has 1 amide bonds. The molecule has 0 aromatic heterocycles. The molecule has 5 nitrogen and oxygen atoms in total. The van der Waals surface area contributed by atoms with E-state index < -0.39 is 0 Å². The van der Waals surface area contributed by atoms with Crippen molar-refractivity contribution < 1.29 is 4.79 Å². The molecule has 18 heavy (non-hydrogen) atoms. The molecule has 1 heterocycles. The summed E-state index contributed by atoms with van der Waals surface area (Å²) in [7, 11) is 0. The number of carbonyl (C=O) groups is 1. The summed E-state index contributed by atoms with van der Waals surface area (Å²) in [5.74, 6) is 0.0293. The van der Waals surface area contributed by atoms with Crippen molar-refractivity contribution in [2.75, 3.05) is 37.2 Å². The lowest BCUT2D eigenvalue weighted by Gasteiger charge is -2.31. The summed E-state index contributed by atoms with van der Waals surface area (Å²) in [5.41, 5.74) is 7.09. The molecule has 1 aromatic rings. The second-order valence-corrected chi connectivity index (χ2v) is 4.57. The summed E-state index contributed by atoms with van der Waals surface area (Å²) < 4.78 is 0. The fourth-order valence-corrected chi connectivity index (χ4v) is 2.05. The maximum atomic E-state index is 12.1. The Morgan fingerprint density at radius 1 is 1.33 bits per heavy atom. The van der Waals surface area contributed by atoms with Gasteiger partial charge in [-0.25, -0.2) is 0 Å². The minimum Gasteiger partial charge on any atom is -0.399 e. The van der Waals surface area contributed by atoms with Crippen LogP contribution in [0.3, 0.4) is 0 Å². The number of anilines is 2. The average Bonchev–Trinajstić information content (AvgIpc) is 2.41. The Morgan fingerprint density at radius 2 is 1.94 bits per heavy atom. The quantitative estimate of drug-likeness (QED) is 0.681. The van der Waals surface area contributed by atoms with E-state index in [-0.39, 0.29) is 11.9 Å². The molecular weight excluding hydrogens is 228 g/mol. The van der Waals surface area contributed by atoms with Crippen LogP contribution in [0.15, 0.2) is 24.3 Å². The topological polar surface area (TPSA) is 70.4 Å². The first-order valence-electron chi connectivity index (χ1n) is 6.28. The third-order valence-corrected chi connectivity index (χ3v) is 3.26. The van der Waals surface area contributed by atoms with Gasteiger partial charge in [0.05, 0.1) is 6.04 Å². The van der Waals surface area contributed by atoms with Gasteiger partial charge in [0.15, 0.2) is 0 Å². The Bertz CT molecular complexity index is 398. The predicted octanol–water partition coefficient (Wildman–Crippen LogP) is 0.501. The maximum absolute atomic E-state index is 12.1. The number of nitrogens with two attached hydrogens (primary N) is 1. The smallest absolute Gasteiger partial charge is 0.241 e. The van der Waals surface area contributed by atoms with E-state index in [1.165, 1.54) is 0 Å². The van der Waals surface area contributed by atoms with Gasteiger partial charge in [-0.15, -0.1) is 0 Å². The Balaban J connectivity index is 1.92. The number of amides is 1. The van der Waals surface area contributed by atoms with Gasteiger partial charge in [0.2, 0.25) is 5.91 Å². The summed E-state index contributed by atoms with van der Waals surface area (Å²) in [4.78, 5) is 14.3.